The highest BCUT2D eigenvalue weighted by molar-refractivity contribution is 7.99. The van der Waals surface area contributed by atoms with Gasteiger partial charge in [-0.05, 0) is 24.3 Å². The number of rotatable bonds is 4. The second-order valence-electron chi connectivity index (χ2n) is 5.13. The average Bonchev–Trinajstić information content (AvgIpc) is 2.91. The number of hydrogen-bond acceptors (Lipinski definition) is 4. The Labute approximate surface area is 136 Å². The van der Waals surface area contributed by atoms with Gasteiger partial charge in [-0.2, -0.15) is 0 Å². The van der Waals surface area contributed by atoms with Gasteiger partial charge in [-0.1, -0.05) is 30.3 Å². The van der Waals surface area contributed by atoms with Gasteiger partial charge < -0.3 is 0 Å². The van der Waals surface area contributed by atoms with Crippen molar-refractivity contribution in [3.63, 3.8) is 0 Å². The van der Waals surface area contributed by atoms with Gasteiger partial charge in [0.25, 0.3) is 0 Å². The fourth-order valence-corrected chi connectivity index (χ4v) is 3.28. The van der Waals surface area contributed by atoms with E-state index in [1.54, 1.807) is 22.4 Å². The molecule has 0 saturated heterocycles. The molecule has 4 rings (SSSR count). The van der Waals surface area contributed by atoms with E-state index in [-0.39, 0.29) is 5.69 Å². The first-order valence-corrected chi connectivity index (χ1v) is 8.33. The van der Waals surface area contributed by atoms with Gasteiger partial charge >= 0.3 is 5.69 Å². The highest BCUT2D eigenvalue weighted by Crippen LogP contribution is 2.19. The molecule has 0 fully saturated rings. The van der Waals surface area contributed by atoms with Crippen molar-refractivity contribution >= 4 is 28.3 Å². The summed E-state index contributed by atoms with van der Waals surface area (Å²) < 4.78 is 3.06. The molecule has 0 unspecified atom stereocenters. The van der Waals surface area contributed by atoms with E-state index in [9.17, 15) is 4.79 Å². The Balaban J connectivity index is 1.49. The number of para-hydroxylation sites is 1. The van der Waals surface area contributed by atoms with Crippen molar-refractivity contribution in [1.29, 1.82) is 0 Å². The van der Waals surface area contributed by atoms with Crippen molar-refractivity contribution in [2.75, 3.05) is 5.75 Å². The molecule has 114 valence electrons. The van der Waals surface area contributed by atoms with Crippen molar-refractivity contribution in [2.24, 2.45) is 0 Å². The summed E-state index contributed by atoms with van der Waals surface area (Å²) in [5, 5.41) is 6.42. The Morgan fingerprint density at radius 1 is 1.00 bits per heavy atom. The molecule has 0 aliphatic rings. The molecule has 0 N–H and O–H groups in total. The first kappa shape index (κ1) is 14.0. The van der Waals surface area contributed by atoms with Crippen LogP contribution in [-0.2, 0) is 6.54 Å². The van der Waals surface area contributed by atoms with Gasteiger partial charge in [0.1, 0.15) is 0 Å². The Morgan fingerprint density at radius 2 is 1.87 bits per heavy atom. The second-order valence-corrected chi connectivity index (χ2v) is 6.24. The lowest BCUT2D eigenvalue weighted by molar-refractivity contribution is 0.639. The van der Waals surface area contributed by atoms with E-state index in [2.05, 4.69) is 16.1 Å². The van der Waals surface area contributed by atoms with Crippen molar-refractivity contribution in [3.05, 3.63) is 71.3 Å². The third kappa shape index (κ3) is 2.73. The minimum Gasteiger partial charge on any atom is -0.250 e. The number of aryl methyl sites for hydroxylation is 1. The summed E-state index contributed by atoms with van der Waals surface area (Å²) in [6.07, 6.45) is 1.74. The number of thioether (sulfide) groups is 1. The zero-order valence-electron chi connectivity index (χ0n) is 12.3. The normalized spacial score (nSPS) is 11.3. The van der Waals surface area contributed by atoms with Gasteiger partial charge in [0.05, 0.1) is 17.1 Å². The van der Waals surface area contributed by atoms with Crippen LogP contribution in [0.2, 0.25) is 0 Å². The van der Waals surface area contributed by atoms with Crippen LogP contribution in [0.15, 0.2) is 70.6 Å². The number of hydrogen-bond donors (Lipinski definition) is 0. The predicted molar refractivity (Wildman–Crippen MR) is 91.9 cm³/mol. The Hall–Kier alpha value is -2.60. The van der Waals surface area contributed by atoms with Gasteiger partial charge in [-0.3, -0.25) is 4.40 Å². The fourth-order valence-electron chi connectivity index (χ4n) is 2.48. The van der Waals surface area contributed by atoms with Crippen LogP contribution in [0.5, 0.6) is 0 Å². The number of fused-ring (bicyclic) bond motifs is 2. The third-order valence-electron chi connectivity index (χ3n) is 3.61. The standard InChI is InChI=1S/C17H14N4OS/c22-17-20-10-4-3-7-15(20)19-21(17)11-12-23-16-9-8-13-5-1-2-6-14(13)18-16/h1-10H,11-12H2. The predicted octanol–water partition coefficient (Wildman–Crippen LogP) is 2.84. The van der Waals surface area contributed by atoms with Crippen LogP contribution < -0.4 is 5.69 Å². The summed E-state index contributed by atoms with van der Waals surface area (Å²) in [5.74, 6) is 0.745. The minimum absolute atomic E-state index is 0.104. The summed E-state index contributed by atoms with van der Waals surface area (Å²) in [5.41, 5.74) is 1.56. The molecule has 6 heteroatoms. The Morgan fingerprint density at radius 3 is 2.78 bits per heavy atom. The Bertz CT molecular complexity index is 1040. The summed E-state index contributed by atoms with van der Waals surface area (Å²) in [6, 6.07) is 17.7. The number of nitrogens with zero attached hydrogens (tertiary/aromatic N) is 4. The van der Waals surface area contributed by atoms with Crippen LogP contribution in [0, 0.1) is 0 Å². The van der Waals surface area contributed by atoms with Gasteiger partial charge in [-0.25, -0.2) is 14.5 Å². The highest BCUT2D eigenvalue weighted by atomic mass is 32.2. The van der Waals surface area contributed by atoms with Crippen LogP contribution in [0.3, 0.4) is 0 Å². The maximum atomic E-state index is 12.2. The van der Waals surface area contributed by atoms with Crippen molar-refractivity contribution in [1.82, 2.24) is 19.2 Å². The summed E-state index contributed by atoms with van der Waals surface area (Å²) in [6.45, 7) is 0.555. The molecule has 0 aliphatic heterocycles. The summed E-state index contributed by atoms with van der Waals surface area (Å²) in [4.78, 5) is 16.8. The SMILES string of the molecule is O=c1n(CCSc2ccc3ccccc3n2)nc2ccccn12. The first-order valence-electron chi connectivity index (χ1n) is 7.34. The lowest BCUT2D eigenvalue weighted by Gasteiger charge is -2.02. The monoisotopic (exact) mass is 322 g/mol. The molecular weight excluding hydrogens is 308 g/mol. The van der Waals surface area contributed by atoms with E-state index in [4.69, 9.17) is 0 Å². The van der Waals surface area contributed by atoms with Gasteiger partial charge in [0.2, 0.25) is 0 Å². The van der Waals surface area contributed by atoms with E-state index in [0.717, 1.165) is 21.7 Å². The summed E-state index contributed by atoms with van der Waals surface area (Å²) in [7, 11) is 0. The largest absolute Gasteiger partial charge is 0.350 e. The smallest absolute Gasteiger partial charge is 0.250 e. The number of pyridine rings is 2. The van der Waals surface area contributed by atoms with Gasteiger partial charge in [-0.15, -0.1) is 16.9 Å². The molecule has 0 atom stereocenters. The van der Waals surface area contributed by atoms with Crippen molar-refractivity contribution < 1.29 is 0 Å². The van der Waals surface area contributed by atoms with E-state index in [1.165, 1.54) is 4.68 Å². The highest BCUT2D eigenvalue weighted by Gasteiger charge is 2.06. The van der Waals surface area contributed by atoms with Crippen molar-refractivity contribution in [3.8, 4) is 0 Å². The maximum Gasteiger partial charge on any atom is 0.350 e. The number of benzene rings is 1. The second kappa shape index (κ2) is 5.89. The molecule has 0 radical (unpaired) electrons. The fraction of sp³-hybridized carbons (Fsp3) is 0.118. The van der Waals surface area contributed by atoms with E-state index < -0.39 is 0 Å². The van der Waals surface area contributed by atoms with Crippen LogP contribution in [0.25, 0.3) is 16.6 Å². The first-order chi connectivity index (χ1) is 11.3. The molecule has 23 heavy (non-hydrogen) atoms. The van der Waals surface area contributed by atoms with Crippen LogP contribution >= 0.6 is 11.8 Å². The zero-order chi connectivity index (χ0) is 15.6. The van der Waals surface area contributed by atoms with Crippen molar-refractivity contribution in [2.45, 2.75) is 11.6 Å². The molecule has 0 spiro atoms. The molecule has 0 saturated carbocycles. The van der Waals surface area contributed by atoms with E-state index >= 15 is 0 Å². The molecule has 1 aromatic carbocycles. The van der Waals surface area contributed by atoms with Crippen LogP contribution in [0.4, 0.5) is 0 Å². The molecule has 0 aliphatic carbocycles. The summed E-state index contributed by atoms with van der Waals surface area (Å²) >= 11 is 1.63. The average molecular weight is 322 g/mol. The molecule has 3 heterocycles. The maximum absolute atomic E-state index is 12.2. The number of aromatic nitrogens is 4. The van der Waals surface area contributed by atoms with Crippen LogP contribution in [-0.4, -0.2) is 24.9 Å². The zero-order valence-corrected chi connectivity index (χ0v) is 13.1. The molecule has 0 bridgehead atoms. The van der Waals surface area contributed by atoms with E-state index in [1.807, 2.05) is 48.5 Å². The quantitative estimate of drug-likeness (QED) is 0.542. The van der Waals surface area contributed by atoms with Gasteiger partial charge in [0, 0.05) is 17.3 Å². The molecule has 0 amide bonds. The third-order valence-corrected chi connectivity index (χ3v) is 4.52. The molecular formula is C17H14N4OS. The lowest BCUT2D eigenvalue weighted by Crippen LogP contribution is -2.21. The molecule has 4 aromatic rings. The minimum atomic E-state index is -0.104. The topological polar surface area (TPSA) is 52.2 Å². The molecule has 3 aromatic heterocycles. The van der Waals surface area contributed by atoms with Crippen LogP contribution in [0.1, 0.15) is 0 Å². The molecule has 5 nitrogen and oxygen atoms in total. The van der Waals surface area contributed by atoms with E-state index in [0.29, 0.717) is 12.2 Å². The lowest BCUT2D eigenvalue weighted by atomic mass is 10.2. The van der Waals surface area contributed by atoms with Gasteiger partial charge in [0.15, 0.2) is 5.65 Å². The Kier molecular flexibility index (Phi) is 3.59.